The quantitative estimate of drug-likeness (QED) is 0.137. The van der Waals surface area contributed by atoms with Crippen LogP contribution in [-0.2, 0) is 32.6 Å². The van der Waals surface area contributed by atoms with Gasteiger partial charge in [-0.25, -0.2) is 0 Å². The molecular weight excluding hydrogens is 661 g/mol. The molecule has 2 aliphatic heterocycles. The second-order valence-electron chi connectivity index (χ2n) is 12.5. The number of para-hydroxylation sites is 1. The Labute approximate surface area is 291 Å². The predicted molar refractivity (Wildman–Crippen MR) is 176 cm³/mol. The number of benzene rings is 3. The maximum atomic E-state index is 2.52. The summed E-state index contributed by atoms with van der Waals surface area (Å²) in [6.45, 7) is 14.0. The molecule has 0 N–H and O–H groups in total. The molecule has 1 nitrogen and oxygen atoms in total. The fourth-order valence-corrected chi connectivity index (χ4v) is 11.8. The number of hydrogen-bond acceptors (Lipinski definition) is 0. The van der Waals surface area contributed by atoms with Gasteiger partial charge in [-0.15, -0.1) is 34.5 Å². The topological polar surface area (TPSA) is 4.93 Å². The van der Waals surface area contributed by atoms with Crippen molar-refractivity contribution >= 4 is 24.0 Å². The molecular formula is C38H42Cl2NSiZr. The van der Waals surface area contributed by atoms with Crippen molar-refractivity contribution in [2.45, 2.75) is 72.0 Å². The normalized spacial score (nSPS) is 15.3. The molecule has 5 aromatic rings. The summed E-state index contributed by atoms with van der Waals surface area (Å²) in [7, 11) is -1.19. The molecule has 8 rings (SSSR count). The van der Waals surface area contributed by atoms with Gasteiger partial charge in [-0.1, -0.05) is 99.5 Å². The van der Waals surface area contributed by atoms with Crippen LogP contribution in [-0.4, -0.2) is 12.6 Å². The van der Waals surface area contributed by atoms with Gasteiger partial charge in [-0.2, -0.15) is 6.07 Å². The van der Waals surface area contributed by atoms with Crippen molar-refractivity contribution in [2.75, 3.05) is 0 Å². The molecule has 0 spiro atoms. The Morgan fingerprint density at radius 2 is 1.51 bits per heavy atom. The molecule has 5 heteroatoms. The van der Waals surface area contributed by atoms with E-state index in [-0.39, 0.29) is 51.0 Å². The van der Waals surface area contributed by atoms with Crippen LogP contribution in [0.4, 0.5) is 0 Å². The van der Waals surface area contributed by atoms with Crippen molar-refractivity contribution in [3.8, 4) is 16.8 Å². The van der Waals surface area contributed by atoms with E-state index >= 15 is 0 Å². The van der Waals surface area contributed by atoms with Gasteiger partial charge >= 0.3 is 26.2 Å². The molecule has 0 amide bonds. The van der Waals surface area contributed by atoms with Gasteiger partial charge in [-0.05, 0) is 66.8 Å². The molecule has 1 unspecified atom stereocenters. The summed E-state index contributed by atoms with van der Waals surface area (Å²) in [6, 6.07) is 33.5. The van der Waals surface area contributed by atoms with Gasteiger partial charge in [0.1, 0.15) is 0 Å². The average molecular weight is 703 g/mol. The third kappa shape index (κ3) is 6.39. The van der Waals surface area contributed by atoms with Gasteiger partial charge in [-0.3, -0.25) is 0 Å². The minimum atomic E-state index is -1.19. The summed E-state index contributed by atoms with van der Waals surface area (Å²) in [5.41, 5.74) is 13.7. The van der Waals surface area contributed by atoms with Crippen molar-refractivity contribution in [3.05, 3.63) is 125 Å². The van der Waals surface area contributed by atoms with Crippen LogP contribution < -0.4 is 24.8 Å². The third-order valence-electron chi connectivity index (χ3n) is 9.20. The molecule has 3 heterocycles. The molecule has 0 saturated heterocycles. The smallest absolute Gasteiger partial charge is 1.00 e. The van der Waals surface area contributed by atoms with Gasteiger partial charge in [0.05, 0.1) is 8.07 Å². The van der Waals surface area contributed by atoms with Crippen molar-refractivity contribution in [2.24, 2.45) is 0 Å². The molecule has 1 aromatic heterocycles. The fraction of sp³-hybridized carbons (Fsp3) is 0.289. The van der Waals surface area contributed by atoms with Crippen molar-refractivity contribution in [3.63, 3.8) is 0 Å². The largest absolute Gasteiger partial charge is 3.00 e. The maximum Gasteiger partial charge on any atom is 3.00 e. The zero-order chi connectivity index (χ0) is 28.0. The van der Waals surface area contributed by atoms with E-state index in [1.807, 2.05) is 0 Å². The minimum Gasteiger partial charge on any atom is -1.00 e. The number of rotatable bonds is 6. The summed E-state index contributed by atoms with van der Waals surface area (Å²) in [6.07, 6.45) is 5.12. The summed E-state index contributed by atoms with van der Waals surface area (Å²) >= 11 is 0. The van der Waals surface area contributed by atoms with E-state index in [9.17, 15) is 0 Å². The van der Waals surface area contributed by atoms with Gasteiger partial charge in [0, 0.05) is 22.6 Å². The number of aryl methyl sites for hydroxylation is 3. The van der Waals surface area contributed by atoms with E-state index < -0.39 is 8.07 Å². The van der Waals surface area contributed by atoms with E-state index in [1.165, 1.54) is 75.8 Å². The second-order valence-corrected chi connectivity index (χ2v) is 17.0. The molecule has 221 valence electrons. The van der Waals surface area contributed by atoms with Gasteiger partial charge < -0.3 is 29.4 Å². The Balaban J connectivity index is 0.000000221. The summed E-state index contributed by atoms with van der Waals surface area (Å²) < 4.78 is 2.47. The second kappa shape index (κ2) is 14.4. The third-order valence-corrected chi connectivity index (χ3v) is 13.3. The Morgan fingerprint density at radius 3 is 2.16 bits per heavy atom. The van der Waals surface area contributed by atoms with Crippen LogP contribution in [0.5, 0.6) is 0 Å². The van der Waals surface area contributed by atoms with E-state index in [2.05, 4.69) is 136 Å². The van der Waals surface area contributed by atoms with Crippen LogP contribution in [0.3, 0.4) is 0 Å². The van der Waals surface area contributed by atoms with Crippen LogP contribution in [0.15, 0.2) is 96.6 Å². The van der Waals surface area contributed by atoms with Crippen LogP contribution in [0.25, 0.3) is 32.8 Å². The van der Waals surface area contributed by atoms with Crippen molar-refractivity contribution in [1.29, 1.82) is 0 Å². The first-order valence-electron chi connectivity index (χ1n) is 15.1. The van der Waals surface area contributed by atoms with Crippen LogP contribution >= 0.6 is 0 Å². The first-order chi connectivity index (χ1) is 19.3. The Bertz CT molecular complexity index is 1710. The van der Waals surface area contributed by atoms with Gasteiger partial charge in [0.15, 0.2) is 0 Å². The summed E-state index contributed by atoms with van der Waals surface area (Å²) in [4.78, 5) is 0. The Morgan fingerprint density at radius 1 is 0.814 bits per heavy atom. The average Bonchev–Trinajstić information content (AvgIpc) is 3.63. The number of aromatic nitrogens is 1. The van der Waals surface area contributed by atoms with Gasteiger partial charge in [0.25, 0.3) is 0 Å². The molecule has 0 saturated carbocycles. The first-order valence-corrected chi connectivity index (χ1v) is 18.1. The molecule has 43 heavy (non-hydrogen) atoms. The molecule has 4 aromatic carbocycles. The summed E-state index contributed by atoms with van der Waals surface area (Å²) in [5, 5.41) is 4.43. The number of allylic oxidation sites excluding steroid dienone is 1. The van der Waals surface area contributed by atoms with Crippen molar-refractivity contribution < 1.29 is 51.0 Å². The Kier molecular flexibility index (Phi) is 11.9. The number of nitrogens with zero attached hydrogens (tertiary/aromatic N) is 1. The number of hydrogen-bond donors (Lipinski definition) is 0. The monoisotopic (exact) mass is 700 g/mol. The van der Waals surface area contributed by atoms with Crippen LogP contribution in [0, 0.1) is 13.8 Å². The molecule has 1 aliphatic carbocycles. The van der Waals surface area contributed by atoms with Crippen LogP contribution in [0.2, 0.25) is 13.1 Å². The van der Waals surface area contributed by atoms with Crippen molar-refractivity contribution in [1.82, 2.24) is 4.57 Å². The SMILES string of the molecule is CC1=C2c3c(cc(C)n3-c3ccccc3)C1[Si]2(C)C.CCCCCc1ccc(-c2cccc3[cH-]c(C)cc23)cc1.[Cl-].[Cl-].[Zr+3]. The standard InChI is InChI=1S/C21H23.C17H19NSi.2ClH.Zr/c1-3-4-5-7-17-10-12-18(13-11-17)20-9-6-8-19-14-16(2)15-21(19)20;1-11-10-14-15(17-12(2)16(14)19(17,3)4)18(11)13-8-6-5-7-9-13;;;/h6,8-15H,3-5,7H2,1-2H3;5-10,16H,1-4H3;2*1H;/q-1;;;;+3/p-2. The molecule has 1 atom stereocenters. The molecule has 0 fully saturated rings. The van der Waals surface area contributed by atoms with Gasteiger partial charge in [0.2, 0.25) is 0 Å². The van der Waals surface area contributed by atoms with E-state index in [0.717, 1.165) is 5.54 Å². The number of unbranched alkanes of at least 4 members (excludes halogenated alkanes) is 2. The van der Waals surface area contributed by atoms with E-state index in [1.54, 1.807) is 16.3 Å². The molecule has 2 bridgehead atoms. The van der Waals surface area contributed by atoms with E-state index in [0.29, 0.717) is 0 Å². The molecule has 1 radical (unpaired) electrons. The molecule has 3 aliphatic rings. The number of fused-ring (bicyclic) bond motifs is 1. The fourth-order valence-electron chi connectivity index (χ4n) is 7.49. The maximum absolute atomic E-state index is 2.52. The van der Waals surface area contributed by atoms with Crippen LogP contribution in [0.1, 0.15) is 66.7 Å². The zero-order valence-corrected chi connectivity index (χ0v) is 31.2. The zero-order valence-electron chi connectivity index (χ0n) is 26.3. The Hall–Kier alpha value is -2.03. The number of halogens is 2. The van der Waals surface area contributed by atoms with E-state index in [4.69, 9.17) is 0 Å². The summed E-state index contributed by atoms with van der Waals surface area (Å²) in [5.74, 6) is 0. The first kappa shape index (κ1) is 35.4. The predicted octanol–water partition coefficient (Wildman–Crippen LogP) is 4.73. The minimum absolute atomic E-state index is 0.